The highest BCUT2D eigenvalue weighted by molar-refractivity contribution is 5.86. The fourth-order valence-corrected chi connectivity index (χ4v) is 4.80. The van der Waals surface area contributed by atoms with Crippen LogP contribution in [0.3, 0.4) is 0 Å². The van der Waals surface area contributed by atoms with E-state index in [0.29, 0.717) is 19.8 Å². The van der Waals surface area contributed by atoms with E-state index in [-0.39, 0.29) is 12.1 Å². The van der Waals surface area contributed by atoms with Gasteiger partial charge in [-0.2, -0.15) is 0 Å². The molecule has 1 fully saturated rings. The third kappa shape index (κ3) is 7.07. The van der Waals surface area contributed by atoms with Crippen LogP contribution in [0.15, 0.2) is 84.9 Å². The number of carbonyl (C=O) groups excluding carboxylic acids is 1. The van der Waals surface area contributed by atoms with E-state index in [1.54, 1.807) is 0 Å². The maximum absolute atomic E-state index is 14.0. The van der Waals surface area contributed by atoms with Gasteiger partial charge in [0.05, 0.1) is 6.61 Å². The molecule has 5 heteroatoms. The fourth-order valence-electron chi connectivity index (χ4n) is 4.80. The van der Waals surface area contributed by atoms with Gasteiger partial charge in [0.1, 0.15) is 6.10 Å². The summed E-state index contributed by atoms with van der Waals surface area (Å²) in [5.41, 5.74) is 2.55. The summed E-state index contributed by atoms with van der Waals surface area (Å²) >= 11 is 0. The van der Waals surface area contributed by atoms with Crippen LogP contribution in [-0.4, -0.2) is 49.8 Å². The molecule has 1 aliphatic rings. The zero-order chi connectivity index (χ0) is 25.9. The van der Waals surface area contributed by atoms with Crippen molar-refractivity contribution in [1.82, 2.24) is 4.90 Å². The molecule has 5 nitrogen and oxygen atoms in total. The quantitative estimate of drug-likeness (QED) is 0.216. The first kappa shape index (κ1) is 27.1. The van der Waals surface area contributed by atoms with Crippen LogP contribution in [0.25, 0.3) is 0 Å². The lowest BCUT2D eigenvalue weighted by atomic mass is 9.85. The number of nitrogens with zero attached hydrogens (tertiary/aromatic N) is 1. The molecule has 3 aromatic carbocycles. The molecule has 1 heterocycles. The first-order valence-corrected chi connectivity index (χ1v) is 13.4. The maximum atomic E-state index is 14.0. The topological polar surface area (TPSA) is 48.0 Å². The van der Waals surface area contributed by atoms with E-state index >= 15 is 0 Å². The van der Waals surface area contributed by atoms with Gasteiger partial charge in [0.25, 0.3) is 0 Å². The van der Waals surface area contributed by atoms with E-state index in [1.165, 1.54) is 0 Å². The molecule has 0 amide bonds. The van der Waals surface area contributed by atoms with Crippen LogP contribution >= 0.6 is 0 Å². The summed E-state index contributed by atoms with van der Waals surface area (Å²) in [7, 11) is 0. The van der Waals surface area contributed by atoms with Crippen molar-refractivity contribution in [2.24, 2.45) is 0 Å². The Morgan fingerprint density at radius 2 is 1.54 bits per heavy atom. The summed E-state index contributed by atoms with van der Waals surface area (Å²) in [6.45, 7) is 8.50. The highest BCUT2D eigenvalue weighted by atomic mass is 16.6. The lowest BCUT2D eigenvalue weighted by Crippen LogP contribution is -2.43. The van der Waals surface area contributed by atoms with Crippen LogP contribution in [0.1, 0.15) is 48.4 Å². The second-order valence-corrected chi connectivity index (χ2v) is 9.72. The largest absolute Gasteiger partial charge is 0.458 e. The van der Waals surface area contributed by atoms with Crippen LogP contribution < -0.4 is 0 Å². The molecule has 2 unspecified atom stereocenters. The van der Waals surface area contributed by atoms with Crippen molar-refractivity contribution in [3.8, 4) is 0 Å². The summed E-state index contributed by atoms with van der Waals surface area (Å²) in [6.07, 6.45) is 2.33. The van der Waals surface area contributed by atoms with Gasteiger partial charge >= 0.3 is 5.97 Å². The molecule has 0 aromatic heterocycles. The molecule has 1 aliphatic heterocycles. The third-order valence-electron chi connectivity index (χ3n) is 6.99. The molecule has 3 aromatic rings. The van der Waals surface area contributed by atoms with Crippen molar-refractivity contribution in [3.05, 3.63) is 107 Å². The summed E-state index contributed by atoms with van der Waals surface area (Å²) in [5, 5.41) is 0. The highest BCUT2D eigenvalue weighted by Gasteiger charge is 2.46. The number of likely N-dealkylation sites (tertiary alicyclic amines) is 1. The van der Waals surface area contributed by atoms with Crippen LogP contribution in [0.2, 0.25) is 0 Å². The number of hydrogen-bond acceptors (Lipinski definition) is 5. The first-order valence-electron chi connectivity index (χ1n) is 13.4. The van der Waals surface area contributed by atoms with Crippen LogP contribution in [0, 0.1) is 6.92 Å². The number of benzene rings is 3. The second-order valence-electron chi connectivity index (χ2n) is 9.72. The molecule has 1 saturated heterocycles. The predicted octanol–water partition coefficient (Wildman–Crippen LogP) is 5.89. The minimum absolute atomic E-state index is 0.129. The van der Waals surface area contributed by atoms with E-state index in [4.69, 9.17) is 14.2 Å². The Bertz CT molecular complexity index is 1090. The van der Waals surface area contributed by atoms with Gasteiger partial charge in [-0.1, -0.05) is 97.4 Å². The predicted molar refractivity (Wildman–Crippen MR) is 146 cm³/mol. The van der Waals surface area contributed by atoms with Gasteiger partial charge in [-0.05, 0) is 49.4 Å². The Hall–Kier alpha value is -2.99. The molecule has 0 radical (unpaired) electrons. The number of carbonyl (C=O) groups is 1. The van der Waals surface area contributed by atoms with Crippen molar-refractivity contribution in [2.75, 3.05) is 32.8 Å². The summed E-state index contributed by atoms with van der Waals surface area (Å²) in [6, 6.07) is 27.9. The van der Waals surface area contributed by atoms with Gasteiger partial charge in [0.15, 0.2) is 0 Å². The zero-order valence-corrected chi connectivity index (χ0v) is 22.1. The normalized spacial score (nSPS) is 17.4. The fraction of sp³-hybridized carbons (Fsp3) is 0.406. The maximum Gasteiger partial charge on any atom is 0.348 e. The molecule has 0 spiro atoms. The molecule has 196 valence electrons. The standard InChI is InChI=1S/C32H39NO4/c1-3-33-21-20-30(24-33)37-31(34)32(28-14-8-5-9-15-28,29-18-16-26(2)17-19-29)36-23-11-10-22-35-25-27-12-6-4-7-13-27/h4-9,12-19,30H,3,10-11,20-25H2,1-2H3. The molecule has 0 saturated carbocycles. The minimum Gasteiger partial charge on any atom is -0.458 e. The molecule has 0 bridgehead atoms. The minimum atomic E-state index is -1.32. The van der Waals surface area contributed by atoms with Crippen molar-refractivity contribution >= 4 is 5.97 Å². The van der Waals surface area contributed by atoms with Crippen molar-refractivity contribution in [1.29, 1.82) is 0 Å². The van der Waals surface area contributed by atoms with Crippen molar-refractivity contribution < 1.29 is 19.0 Å². The molecule has 2 atom stereocenters. The smallest absolute Gasteiger partial charge is 0.348 e. The number of unbranched alkanes of at least 4 members (excludes halogenated alkanes) is 1. The molecule has 37 heavy (non-hydrogen) atoms. The van der Waals surface area contributed by atoms with Gasteiger partial charge in [-0.25, -0.2) is 4.79 Å². The van der Waals surface area contributed by atoms with Gasteiger partial charge in [0, 0.05) is 26.3 Å². The van der Waals surface area contributed by atoms with E-state index in [1.807, 2.05) is 79.7 Å². The van der Waals surface area contributed by atoms with E-state index in [2.05, 4.69) is 24.0 Å². The van der Waals surface area contributed by atoms with E-state index in [0.717, 1.165) is 61.2 Å². The molecular weight excluding hydrogens is 462 g/mol. The van der Waals surface area contributed by atoms with Crippen molar-refractivity contribution in [2.45, 2.75) is 51.4 Å². The third-order valence-corrected chi connectivity index (χ3v) is 6.99. The van der Waals surface area contributed by atoms with Crippen molar-refractivity contribution in [3.63, 3.8) is 0 Å². The Labute approximate surface area is 221 Å². The second kappa shape index (κ2) is 13.5. The Balaban J connectivity index is 1.48. The lowest BCUT2D eigenvalue weighted by Gasteiger charge is -2.34. The number of hydrogen-bond donors (Lipinski definition) is 0. The van der Waals surface area contributed by atoms with E-state index in [9.17, 15) is 4.79 Å². The number of ether oxygens (including phenoxy) is 3. The molecular formula is C32H39NO4. The average Bonchev–Trinajstić information content (AvgIpc) is 3.39. The van der Waals surface area contributed by atoms with Gasteiger partial charge in [-0.15, -0.1) is 0 Å². The van der Waals surface area contributed by atoms with E-state index < -0.39 is 5.60 Å². The Morgan fingerprint density at radius 3 is 2.22 bits per heavy atom. The summed E-state index contributed by atoms with van der Waals surface area (Å²) < 4.78 is 18.6. The lowest BCUT2D eigenvalue weighted by molar-refractivity contribution is -0.174. The summed E-state index contributed by atoms with van der Waals surface area (Å²) in [4.78, 5) is 16.3. The average molecular weight is 502 g/mol. The zero-order valence-electron chi connectivity index (χ0n) is 22.1. The molecule has 4 rings (SSSR count). The van der Waals surface area contributed by atoms with Crippen LogP contribution in [-0.2, 0) is 31.2 Å². The van der Waals surface area contributed by atoms with Gasteiger partial charge in [0.2, 0.25) is 5.60 Å². The van der Waals surface area contributed by atoms with Crippen LogP contribution in [0.5, 0.6) is 0 Å². The number of likely N-dealkylation sites (N-methyl/N-ethyl adjacent to an activating group) is 1. The molecule has 0 N–H and O–H groups in total. The van der Waals surface area contributed by atoms with Gasteiger partial charge < -0.3 is 14.2 Å². The van der Waals surface area contributed by atoms with Crippen LogP contribution in [0.4, 0.5) is 0 Å². The Kier molecular flexibility index (Phi) is 9.89. The number of aryl methyl sites for hydroxylation is 1. The molecule has 0 aliphatic carbocycles. The number of rotatable bonds is 13. The Morgan fingerprint density at radius 1 is 0.892 bits per heavy atom. The van der Waals surface area contributed by atoms with Gasteiger partial charge in [-0.3, -0.25) is 4.90 Å². The first-order chi connectivity index (χ1) is 18.1. The highest BCUT2D eigenvalue weighted by Crippen LogP contribution is 2.37. The number of esters is 1. The summed E-state index contributed by atoms with van der Waals surface area (Å²) in [5.74, 6) is -0.342. The SMILES string of the molecule is CCN1CCC(OC(=O)C(OCCCCOCc2ccccc2)(c2ccccc2)c2ccc(C)cc2)C1. The monoisotopic (exact) mass is 501 g/mol.